The minimum absolute atomic E-state index is 0.145. The second-order valence-electron chi connectivity index (χ2n) is 7.32. The van der Waals surface area contributed by atoms with E-state index < -0.39 is 0 Å². The van der Waals surface area contributed by atoms with E-state index in [1.54, 1.807) is 0 Å². The molecular weight excluding hydrogens is 262 g/mol. The van der Waals surface area contributed by atoms with Gasteiger partial charge in [0.25, 0.3) is 0 Å². The van der Waals surface area contributed by atoms with Gasteiger partial charge in [0, 0.05) is 31.3 Å². The molecule has 0 aromatic heterocycles. The van der Waals surface area contributed by atoms with Crippen LogP contribution in [0.2, 0.25) is 0 Å². The Bertz CT molecular complexity index is 387. The lowest BCUT2D eigenvalue weighted by Gasteiger charge is -2.41. The molecule has 3 heteroatoms. The van der Waals surface area contributed by atoms with Gasteiger partial charge in [-0.05, 0) is 50.9 Å². The Morgan fingerprint density at radius 1 is 0.952 bits per heavy atom. The first kappa shape index (κ1) is 15.1. The molecule has 21 heavy (non-hydrogen) atoms. The predicted octanol–water partition coefficient (Wildman–Crippen LogP) is 3.71. The van der Waals surface area contributed by atoms with Crippen LogP contribution in [-0.4, -0.2) is 29.2 Å². The van der Waals surface area contributed by atoms with Gasteiger partial charge in [0.15, 0.2) is 0 Å². The molecule has 0 aromatic carbocycles. The van der Waals surface area contributed by atoms with Crippen LogP contribution in [0.15, 0.2) is 0 Å². The lowest BCUT2D eigenvalue weighted by atomic mass is 9.79. The monoisotopic (exact) mass is 291 g/mol. The van der Waals surface area contributed by atoms with Crippen molar-refractivity contribution in [3.8, 4) is 0 Å². The molecule has 118 valence electrons. The fourth-order valence-corrected chi connectivity index (χ4v) is 4.68. The molecule has 3 aliphatic rings. The van der Waals surface area contributed by atoms with Crippen LogP contribution in [0, 0.1) is 11.8 Å². The molecule has 1 amide bonds. The molecule has 1 saturated heterocycles. The number of Topliss-reactive ketones (excluding diaryl/α,β-unsaturated/α-hetero) is 1. The summed E-state index contributed by atoms with van der Waals surface area (Å²) in [6.45, 7) is 0.889. The van der Waals surface area contributed by atoms with Gasteiger partial charge in [-0.2, -0.15) is 0 Å². The summed E-state index contributed by atoms with van der Waals surface area (Å²) < 4.78 is 0. The molecule has 0 N–H and O–H groups in total. The molecule has 1 heterocycles. The minimum Gasteiger partial charge on any atom is -0.339 e. The normalized spacial score (nSPS) is 31.6. The van der Waals surface area contributed by atoms with Crippen molar-refractivity contribution in [1.82, 2.24) is 4.90 Å². The summed E-state index contributed by atoms with van der Waals surface area (Å²) in [7, 11) is 0. The number of rotatable bonds is 3. The summed E-state index contributed by atoms with van der Waals surface area (Å²) in [5.41, 5.74) is 0. The van der Waals surface area contributed by atoms with Crippen LogP contribution < -0.4 is 0 Å². The van der Waals surface area contributed by atoms with Crippen LogP contribution in [0.1, 0.15) is 77.0 Å². The van der Waals surface area contributed by atoms with Crippen molar-refractivity contribution in [3.63, 3.8) is 0 Å². The molecule has 0 radical (unpaired) electrons. The molecule has 2 saturated carbocycles. The maximum absolute atomic E-state index is 12.7. The van der Waals surface area contributed by atoms with Gasteiger partial charge in [0.05, 0.1) is 0 Å². The fourth-order valence-electron chi connectivity index (χ4n) is 4.68. The van der Waals surface area contributed by atoms with Gasteiger partial charge in [-0.15, -0.1) is 0 Å². The molecule has 1 aliphatic heterocycles. The number of nitrogens with zero attached hydrogens (tertiary/aromatic N) is 1. The third kappa shape index (κ3) is 3.49. The van der Waals surface area contributed by atoms with Crippen molar-refractivity contribution in [2.45, 2.75) is 83.1 Å². The molecule has 0 bridgehead atoms. The summed E-state index contributed by atoms with van der Waals surface area (Å²) >= 11 is 0. The number of amides is 1. The number of ketones is 1. The van der Waals surface area contributed by atoms with E-state index in [1.165, 1.54) is 32.1 Å². The first-order valence-corrected chi connectivity index (χ1v) is 9.08. The van der Waals surface area contributed by atoms with E-state index in [1.807, 2.05) is 0 Å². The van der Waals surface area contributed by atoms with Gasteiger partial charge < -0.3 is 4.90 Å². The van der Waals surface area contributed by atoms with Crippen LogP contribution in [-0.2, 0) is 9.59 Å². The van der Waals surface area contributed by atoms with E-state index in [4.69, 9.17) is 0 Å². The van der Waals surface area contributed by atoms with E-state index in [0.29, 0.717) is 17.6 Å². The summed E-state index contributed by atoms with van der Waals surface area (Å²) in [5.74, 6) is 1.52. The van der Waals surface area contributed by atoms with Crippen LogP contribution >= 0.6 is 0 Å². The maximum Gasteiger partial charge on any atom is 0.223 e. The Hall–Kier alpha value is -0.860. The average molecular weight is 291 g/mol. The van der Waals surface area contributed by atoms with Crippen molar-refractivity contribution in [2.24, 2.45) is 11.8 Å². The smallest absolute Gasteiger partial charge is 0.223 e. The highest BCUT2D eigenvalue weighted by molar-refractivity contribution is 5.84. The van der Waals surface area contributed by atoms with Crippen molar-refractivity contribution in [2.75, 3.05) is 6.54 Å². The Morgan fingerprint density at radius 2 is 1.67 bits per heavy atom. The molecule has 2 unspecified atom stereocenters. The van der Waals surface area contributed by atoms with E-state index >= 15 is 0 Å². The number of hydrogen-bond donors (Lipinski definition) is 0. The molecule has 2 atom stereocenters. The largest absolute Gasteiger partial charge is 0.339 e. The Morgan fingerprint density at radius 3 is 2.43 bits per heavy atom. The highest BCUT2D eigenvalue weighted by Crippen LogP contribution is 2.34. The summed E-state index contributed by atoms with van der Waals surface area (Å²) in [6, 6.07) is 0.223. The van der Waals surface area contributed by atoms with Gasteiger partial charge in [-0.1, -0.05) is 19.3 Å². The summed E-state index contributed by atoms with van der Waals surface area (Å²) in [6.07, 6.45) is 13.1. The third-order valence-electron chi connectivity index (χ3n) is 5.87. The van der Waals surface area contributed by atoms with E-state index in [2.05, 4.69) is 4.90 Å². The number of likely N-dealkylation sites (tertiary alicyclic amines) is 1. The quantitative estimate of drug-likeness (QED) is 0.795. The molecule has 3 rings (SSSR count). The van der Waals surface area contributed by atoms with Gasteiger partial charge in [0.1, 0.15) is 5.78 Å². The van der Waals surface area contributed by atoms with Crippen molar-refractivity contribution in [1.29, 1.82) is 0 Å². The average Bonchev–Trinajstić information content (AvgIpc) is 3.01. The first-order chi connectivity index (χ1) is 10.3. The zero-order valence-electron chi connectivity index (χ0n) is 13.2. The molecule has 2 aliphatic carbocycles. The van der Waals surface area contributed by atoms with Gasteiger partial charge in [0.2, 0.25) is 5.91 Å². The van der Waals surface area contributed by atoms with Gasteiger partial charge >= 0.3 is 0 Å². The molecule has 0 spiro atoms. The molecule has 0 aromatic rings. The second kappa shape index (κ2) is 6.93. The Labute approximate surface area is 128 Å². The highest BCUT2D eigenvalue weighted by Gasteiger charge is 2.37. The maximum atomic E-state index is 12.7. The van der Waals surface area contributed by atoms with Gasteiger partial charge in [-0.3, -0.25) is 9.59 Å². The summed E-state index contributed by atoms with van der Waals surface area (Å²) in [4.78, 5) is 27.1. The van der Waals surface area contributed by atoms with Crippen LogP contribution in [0.3, 0.4) is 0 Å². The minimum atomic E-state index is 0.145. The van der Waals surface area contributed by atoms with E-state index in [0.717, 1.165) is 51.5 Å². The zero-order valence-corrected chi connectivity index (χ0v) is 13.2. The predicted molar refractivity (Wildman–Crippen MR) is 82.9 cm³/mol. The number of carbonyl (C=O) groups is 2. The molecule has 3 nitrogen and oxygen atoms in total. The van der Waals surface area contributed by atoms with Crippen LogP contribution in [0.5, 0.6) is 0 Å². The number of piperidine rings is 1. The second-order valence-corrected chi connectivity index (χ2v) is 7.32. The molecule has 3 fully saturated rings. The SMILES string of the molecule is O=C1CCCCC1C1CCCCN1C(=O)CC1CCCC1. The van der Waals surface area contributed by atoms with Crippen molar-refractivity contribution in [3.05, 3.63) is 0 Å². The Kier molecular flexibility index (Phi) is 4.97. The fraction of sp³-hybridized carbons (Fsp3) is 0.889. The lowest BCUT2D eigenvalue weighted by molar-refractivity contribution is -0.140. The topological polar surface area (TPSA) is 37.4 Å². The molecular formula is C18H29NO2. The van der Waals surface area contributed by atoms with Gasteiger partial charge in [-0.25, -0.2) is 0 Å². The zero-order chi connectivity index (χ0) is 14.7. The third-order valence-corrected chi connectivity index (χ3v) is 5.87. The highest BCUT2D eigenvalue weighted by atomic mass is 16.2. The van der Waals surface area contributed by atoms with Crippen LogP contribution in [0.25, 0.3) is 0 Å². The van der Waals surface area contributed by atoms with Crippen LogP contribution in [0.4, 0.5) is 0 Å². The Balaban J connectivity index is 1.65. The van der Waals surface area contributed by atoms with E-state index in [9.17, 15) is 9.59 Å². The lowest BCUT2D eigenvalue weighted by Crippen LogP contribution is -2.50. The van der Waals surface area contributed by atoms with Crippen molar-refractivity contribution < 1.29 is 9.59 Å². The summed E-state index contributed by atoms with van der Waals surface area (Å²) in [5, 5.41) is 0. The number of carbonyl (C=O) groups excluding carboxylic acids is 2. The standard InChI is InChI=1S/C18H29NO2/c20-17-11-4-3-9-15(17)16-10-5-6-12-19(16)18(21)13-14-7-1-2-8-14/h14-16H,1-13H2. The number of hydrogen-bond acceptors (Lipinski definition) is 2. The van der Waals surface area contributed by atoms with E-state index in [-0.39, 0.29) is 12.0 Å². The first-order valence-electron chi connectivity index (χ1n) is 9.08. The van der Waals surface area contributed by atoms with Crippen molar-refractivity contribution >= 4 is 11.7 Å².